The Kier molecular flexibility index (Phi) is 5.75. The lowest BCUT2D eigenvalue weighted by atomic mass is 10.1. The SMILES string of the molecule is O=C(Nc1ccccc1C(F)(F)F)c1cccnc1NC1CCN(c2ccccn2)C1. The summed E-state index contributed by atoms with van der Waals surface area (Å²) >= 11 is 0. The van der Waals surface area contributed by atoms with Crippen molar-refractivity contribution >= 4 is 23.2 Å². The van der Waals surface area contributed by atoms with E-state index in [4.69, 9.17) is 0 Å². The van der Waals surface area contributed by atoms with E-state index in [0.29, 0.717) is 12.4 Å². The van der Waals surface area contributed by atoms with Crippen LogP contribution in [0.2, 0.25) is 0 Å². The van der Waals surface area contributed by atoms with Crippen LogP contribution in [0.1, 0.15) is 22.3 Å². The third-order valence-corrected chi connectivity index (χ3v) is 5.04. The summed E-state index contributed by atoms with van der Waals surface area (Å²) in [5, 5.41) is 5.63. The molecule has 1 aromatic carbocycles. The molecule has 2 aromatic heterocycles. The van der Waals surface area contributed by atoms with Crippen LogP contribution in [0.4, 0.5) is 30.5 Å². The van der Waals surface area contributed by atoms with Crippen molar-refractivity contribution in [2.75, 3.05) is 28.6 Å². The number of hydrogen-bond donors (Lipinski definition) is 2. The third-order valence-electron chi connectivity index (χ3n) is 5.04. The number of nitrogens with one attached hydrogen (secondary N) is 2. The van der Waals surface area contributed by atoms with Crippen LogP contribution in [-0.4, -0.2) is 35.0 Å². The van der Waals surface area contributed by atoms with Crippen molar-refractivity contribution in [1.29, 1.82) is 0 Å². The maximum atomic E-state index is 13.2. The maximum Gasteiger partial charge on any atom is 0.418 e. The van der Waals surface area contributed by atoms with Gasteiger partial charge in [-0.15, -0.1) is 0 Å². The van der Waals surface area contributed by atoms with Crippen molar-refractivity contribution < 1.29 is 18.0 Å². The van der Waals surface area contributed by atoms with Crippen LogP contribution in [0, 0.1) is 0 Å². The molecule has 3 aromatic rings. The normalized spacial score (nSPS) is 16.2. The van der Waals surface area contributed by atoms with E-state index in [2.05, 4.69) is 25.5 Å². The van der Waals surface area contributed by atoms with Gasteiger partial charge >= 0.3 is 6.18 Å². The van der Waals surface area contributed by atoms with Crippen molar-refractivity contribution in [3.63, 3.8) is 0 Å². The highest BCUT2D eigenvalue weighted by molar-refractivity contribution is 6.07. The summed E-state index contributed by atoms with van der Waals surface area (Å²) in [6, 6.07) is 13.7. The Morgan fingerprint density at radius 1 is 1.00 bits per heavy atom. The molecule has 3 heterocycles. The molecular formula is C22H20F3N5O. The average Bonchev–Trinajstić information content (AvgIpc) is 3.23. The fourth-order valence-electron chi connectivity index (χ4n) is 3.55. The number of benzene rings is 1. The number of hydrogen-bond acceptors (Lipinski definition) is 5. The van der Waals surface area contributed by atoms with Crippen LogP contribution >= 0.6 is 0 Å². The van der Waals surface area contributed by atoms with Gasteiger partial charge < -0.3 is 15.5 Å². The van der Waals surface area contributed by atoms with Gasteiger partial charge in [-0.05, 0) is 42.8 Å². The van der Waals surface area contributed by atoms with Gasteiger partial charge in [-0.1, -0.05) is 18.2 Å². The molecule has 1 amide bonds. The van der Waals surface area contributed by atoms with E-state index in [0.717, 1.165) is 24.8 Å². The lowest BCUT2D eigenvalue weighted by Gasteiger charge is -2.19. The molecule has 0 spiro atoms. The fourth-order valence-corrected chi connectivity index (χ4v) is 3.55. The molecule has 1 aliphatic rings. The van der Waals surface area contributed by atoms with Gasteiger partial charge in [0, 0.05) is 31.5 Å². The summed E-state index contributed by atoms with van der Waals surface area (Å²) in [6.07, 6.45) is -0.492. The molecule has 160 valence electrons. The van der Waals surface area contributed by atoms with E-state index in [1.807, 2.05) is 18.2 Å². The number of rotatable bonds is 5. The molecule has 1 atom stereocenters. The number of carbonyl (C=O) groups is 1. The molecule has 1 aliphatic heterocycles. The van der Waals surface area contributed by atoms with Crippen molar-refractivity contribution in [2.45, 2.75) is 18.6 Å². The summed E-state index contributed by atoms with van der Waals surface area (Å²) in [4.78, 5) is 23.5. The summed E-state index contributed by atoms with van der Waals surface area (Å²) < 4.78 is 39.7. The zero-order chi connectivity index (χ0) is 21.8. The van der Waals surface area contributed by atoms with E-state index in [-0.39, 0.29) is 17.3 Å². The average molecular weight is 427 g/mol. The smallest absolute Gasteiger partial charge is 0.365 e. The van der Waals surface area contributed by atoms with Gasteiger partial charge in [0.2, 0.25) is 0 Å². The quantitative estimate of drug-likeness (QED) is 0.630. The molecule has 9 heteroatoms. The number of pyridine rings is 2. The van der Waals surface area contributed by atoms with Crippen LogP contribution in [0.3, 0.4) is 0 Å². The zero-order valence-electron chi connectivity index (χ0n) is 16.4. The van der Waals surface area contributed by atoms with Gasteiger partial charge in [0.15, 0.2) is 0 Å². The predicted molar refractivity (Wildman–Crippen MR) is 112 cm³/mol. The summed E-state index contributed by atoms with van der Waals surface area (Å²) in [5.41, 5.74) is -1.02. The monoisotopic (exact) mass is 427 g/mol. The number of para-hydroxylation sites is 1. The molecule has 6 nitrogen and oxygen atoms in total. The first-order chi connectivity index (χ1) is 14.9. The topological polar surface area (TPSA) is 70.2 Å². The largest absolute Gasteiger partial charge is 0.418 e. The highest BCUT2D eigenvalue weighted by Crippen LogP contribution is 2.35. The van der Waals surface area contributed by atoms with Gasteiger partial charge in [0.25, 0.3) is 5.91 Å². The second kappa shape index (κ2) is 8.63. The molecular weight excluding hydrogens is 407 g/mol. The highest BCUT2D eigenvalue weighted by Gasteiger charge is 2.34. The lowest BCUT2D eigenvalue weighted by molar-refractivity contribution is -0.136. The van der Waals surface area contributed by atoms with E-state index in [1.165, 1.54) is 30.5 Å². The Morgan fingerprint density at radius 2 is 1.77 bits per heavy atom. The van der Waals surface area contributed by atoms with Gasteiger partial charge in [-0.3, -0.25) is 4.79 Å². The van der Waals surface area contributed by atoms with Crippen molar-refractivity contribution in [1.82, 2.24) is 9.97 Å². The molecule has 0 saturated carbocycles. The molecule has 4 rings (SSSR count). The number of amides is 1. The molecule has 1 unspecified atom stereocenters. The van der Waals surface area contributed by atoms with Crippen LogP contribution in [0.5, 0.6) is 0 Å². The van der Waals surface area contributed by atoms with E-state index < -0.39 is 17.6 Å². The predicted octanol–water partition coefficient (Wildman–Crippen LogP) is 4.44. The number of halogens is 3. The first-order valence-electron chi connectivity index (χ1n) is 9.77. The Balaban J connectivity index is 1.49. The minimum Gasteiger partial charge on any atom is -0.365 e. The van der Waals surface area contributed by atoms with Crippen molar-refractivity contribution in [3.8, 4) is 0 Å². The lowest BCUT2D eigenvalue weighted by Crippen LogP contribution is -2.28. The number of anilines is 3. The second-order valence-electron chi connectivity index (χ2n) is 7.16. The molecule has 1 saturated heterocycles. The van der Waals surface area contributed by atoms with Crippen LogP contribution in [-0.2, 0) is 6.18 Å². The fraction of sp³-hybridized carbons (Fsp3) is 0.227. The van der Waals surface area contributed by atoms with Crippen LogP contribution < -0.4 is 15.5 Å². The minimum atomic E-state index is -4.57. The summed E-state index contributed by atoms with van der Waals surface area (Å²) in [5.74, 6) is 0.541. The molecule has 0 aliphatic carbocycles. The van der Waals surface area contributed by atoms with Crippen molar-refractivity contribution in [3.05, 3.63) is 78.1 Å². The minimum absolute atomic E-state index is 0.0194. The molecule has 1 fully saturated rings. The second-order valence-corrected chi connectivity index (χ2v) is 7.16. The van der Waals surface area contributed by atoms with E-state index in [9.17, 15) is 18.0 Å². The van der Waals surface area contributed by atoms with E-state index in [1.54, 1.807) is 12.3 Å². The Morgan fingerprint density at radius 3 is 2.55 bits per heavy atom. The van der Waals surface area contributed by atoms with Crippen molar-refractivity contribution in [2.24, 2.45) is 0 Å². The van der Waals surface area contributed by atoms with Crippen LogP contribution in [0.15, 0.2) is 67.0 Å². The Hall–Kier alpha value is -3.62. The van der Waals surface area contributed by atoms with Gasteiger partial charge in [-0.25, -0.2) is 9.97 Å². The van der Waals surface area contributed by atoms with Crippen LogP contribution in [0.25, 0.3) is 0 Å². The Bertz CT molecular complexity index is 1060. The Labute approximate surface area is 177 Å². The molecule has 31 heavy (non-hydrogen) atoms. The number of alkyl halides is 3. The highest BCUT2D eigenvalue weighted by atomic mass is 19.4. The number of aromatic nitrogens is 2. The van der Waals surface area contributed by atoms with Gasteiger partial charge in [0.1, 0.15) is 11.6 Å². The molecule has 0 radical (unpaired) electrons. The molecule has 0 bridgehead atoms. The first kappa shape index (κ1) is 20.6. The van der Waals surface area contributed by atoms with Gasteiger partial charge in [0.05, 0.1) is 16.8 Å². The third kappa shape index (κ3) is 4.76. The van der Waals surface area contributed by atoms with Gasteiger partial charge in [-0.2, -0.15) is 13.2 Å². The standard InChI is InChI=1S/C22H20F3N5O/c23-22(24,25)17-7-1-2-8-18(17)29-21(31)16-6-5-12-27-20(16)28-15-10-13-30(14-15)19-9-3-4-11-26-19/h1-9,11-12,15H,10,13-14H2,(H,27,28)(H,29,31). The summed E-state index contributed by atoms with van der Waals surface area (Å²) in [7, 11) is 0. The summed E-state index contributed by atoms with van der Waals surface area (Å²) in [6.45, 7) is 1.47. The van der Waals surface area contributed by atoms with E-state index >= 15 is 0 Å². The first-order valence-corrected chi connectivity index (χ1v) is 9.77. The number of carbonyl (C=O) groups excluding carboxylic acids is 1. The molecule has 2 N–H and O–H groups in total. The maximum absolute atomic E-state index is 13.2. The zero-order valence-corrected chi connectivity index (χ0v) is 16.4. The number of nitrogens with zero attached hydrogens (tertiary/aromatic N) is 3.